The average molecular weight is 399 g/mol. The molecule has 4 aromatic rings. The summed E-state index contributed by atoms with van der Waals surface area (Å²) in [5.74, 6) is 3.23. The number of para-hydroxylation sites is 3. The Bertz CT molecular complexity index is 1090. The molecule has 7 heteroatoms. The molecule has 0 unspecified atom stereocenters. The van der Waals surface area contributed by atoms with E-state index in [0.29, 0.717) is 24.1 Å². The van der Waals surface area contributed by atoms with E-state index >= 15 is 0 Å². The molecule has 4 rings (SSSR count). The summed E-state index contributed by atoms with van der Waals surface area (Å²) in [6, 6.07) is 25.1. The van der Waals surface area contributed by atoms with Gasteiger partial charge in [0.1, 0.15) is 11.5 Å². The first-order chi connectivity index (χ1) is 14.8. The van der Waals surface area contributed by atoms with Crippen LogP contribution in [0.5, 0.6) is 17.2 Å². The third kappa shape index (κ3) is 5.02. The highest BCUT2D eigenvalue weighted by Crippen LogP contribution is 2.30. The van der Waals surface area contributed by atoms with Gasteiger partial charge in [0.05, 0.1) is 19.0 Å². The molecule has 0 aliphatic carbocycles. The van der Waals surface area contributed by atoms with Crippen molar-refractivity contribution < 1.29 is 9.47 Å². The molecule has 0 saturated carbocycles. The van der Waals surface area contributed by atoms with E-state index < -0.39 is 0 Å². The highest BCUT2D eigenvalue weighted by Gasteiger charge is 2.08. The quantitative estimate of drug-likeness (QED) is 0.430. The molecule has 0 fully saturated rings. The maximum atomic E-state index is 5.97. The summed E-state index contributed by atoms with van der Waals surface area (Å²) >= 11 is 0. The monoisotopic (exact) mass is 399 g/mol. The number of nitrogens with one attached hydrogen (secondary N) is 2. The summed E-state index contributed by atoms with van der Waals surface area (Å²) in [5, 5.41) is 14.5. The molecule has 30 heavy (non-hydrogen) atoms. The molecule has 1 aromatic heterocycles. The zero-order valence-electron chi connectivity index (χ0n) is 16.4. The predicted molar refractivity (Wildman–Crippen MR) is 116 cm³/mol. The number of methoxy groups -OCH3 is 1. The lowest BCUT2D eigenvalue weighted by Crippen LogP contribution is -2.06. The molecule has 1 heterocycles. The third-order valence-electron chi connectivity index (χ3n) is 4.30. The molecule has 7 nitrogen and oxygen atoms in total. The SMILES string of the molecule is COc1ccc(CNc2cnnc(Nc3ccccc3Oc3ccccc3)n2)cc1. The van der Waals surface area contributed by atoms with Crippen LogP contribution in [-0.4, -0.2) is 22.3 Å². The zero-order valence-corrected chi connectivity index (χ0v) is 16.4. The second-order valence-electron chi connectivity index (χ2n) is 6.40. The van der Waals surface area contributed by atoms with Crippen molar-refractivity contribution >= 4 is 17.5 Å². The van der Waals surface area contributed by atoms with E-state index in [4.69, 9.17) is 9.47 Å². The minimum atomic E-state index is 0.374. The van der Waals surface area contributed by atoms with Gasteiger partial charge in [-0.2, -0.15) is 10.1 Å². The smallest absolute Gasteiger partial charge is 0.249 e. The number of hydrogen-bond donors (Lipinski definition) is 2. The van der Waals surface area contributed by atoms with Crippen molar-refractivity contribution in [1.29, 1.82) is 0 Å². The van der Waals surface area contributed by atoms with E-state index in [2.05, 4.69) is 25.8 Å². The van der Waals surface area contributed by atoms with Gasteiger partial charge in [-0.15, -0.1) is 5.10 Å². The first-order valence-corrected chi connectivity index (χ1v) is 9.45. The first-order valence-electron chi connectivity index (χ1n) is 9.45. The number of anilines is 3. The minimum absolute atomic E-state index is 0.374. The highest BCUT2D eigenvalue weighted by atomic mass is 16.5. The van der Waals surface area contributed by atoms with Crippen molar-refractivity contribution in [2.75, 3.05) is 17.7 Å². The Hall–Kier alpha value is -4.13. The van der Waals surface area contributed by atoms with E-state index in [9.17, 15) is 0 Å². The molecule has 0 bridgehead atoms. The number of nitrogens with zero attached hydrogens (tertiary/aromatic N) is 3. The van der Waals surface area contributed by atoms with Gasteiger partial charge in [-0.05, 0) is 42.0 Å². The summed E-state index contributed by atoms with van der Waals surface area (Å²) in [5.41, 5.74) is 1.85. The lowest BCUT2D eigenvalue weighted by Gasteiger charge is -2.12. The van der Waals surface area contributed by atoms with Gasteiger partial charge in [-0.25, -0.2) is 0 Å². The fourth-order valence-electron chi connectivity index (χ4n) is 2.77. The zero-order chi connectivity index (χ0) is 20.6. The van der Waals surface area contributed by atoms with Crippen molar-refractivity contribution in [2.45, 2.75) is 6.54 Å². The fraction of sp³-hybridized carbons (Fsp3) is 0.0870. The Balaban J connectivity index is 1.44. The van der Waals surface area contributed by atoms with E-state index in [-0.39, 0.29) is 0 Å². The first kappa shape index (κ1) is 19.2. The molecule has 0 aliphatic heterocycles. The Morgan fingerprint density at radius 2 is 1.60 bits per heavy atom. The van der Waals surface area contributed by atoms with Gasteiger partial charge in [0.2, 0.25) is 5.95 Å². The number of ether oxygens (including phenoxy) is 2. The van der Waals surface area contributed by atoms with Crippen LogP contribution in [-0.2, 0) is 6.54 Å². The Morgan fingerprint density at radius 3 is 2.40 bits per heavy atom. The van der Waals surface area contributed by atoms with Crippen molar-refractivity contribution in [1.82, 2.24) is 15.2 Å². The van der Waals surface area contributed by atoms with Crippen LogP contribution in [0.4, 0.5) is 17.5 Å². The van der Waals surface area contributed by atoms with Crippen LogP contribution < -0.4 is 20.1 Å². The molecule has 3 aromatic carbocycles. The summed E-state index contributed by atoms with van der Waals surface area (Å²) in [6.07, 6.45) is 1.58. The molecular formula is C23H21N5O2. The second kappa shape index (κ2) is 9.38. The van der Waals surface area contributed by atoms with E-state index in [1.54, 1.807) is 13.3 Å². The molecule has 0 spiro atoms. The summed E-state index contributed by atoms with van der Waals surface area (Å²) < 4.78 is 11.2. The van der Waals surface area contributed by atoms with Crippen molar-refractivity contribution in [2.24, 2.45) is 0 Å². The lowest BCUT2D eigenvalue weighted by molar-refractivity contribution is 0.414. The second-order valence-corrected chi connectivity index (χ2v) is 6.40. The van der Waals surface area contributed by atoms with E-state index in [0.717, 1.165) is 22.7 Å². The van der Waals surface area contributed by atoms with Gasteiger partial charge in [0, 0.05) is 6.54 Å². The maximum Gasteiger partial charge on any atom is 0.249 e. The molecular weight excluding hydrogens is 378 g/mol. The largest absolute Gasteiger partial charge is 0.497 e. The summed E-state index contributed by atoms with van der Waals surface area (Å²) in [4.78, 5) is 4.49. The molecule has 2 N–H and O–H groups in total. The molecule has 0 atom stereocenters. The van der Waals surface area contributed by atoms with Gasteiger partial charge in [-0.1, -0.05) is 42.5 Å². The molecule has 0 amide bonds. The van der Waals surface area contributed by atoms with Crippen molar-refractivity contribution in [3.8, 4) is 17.2 Å². The van der Waals surface area contributed by atoms with Crippen molar-refractivity contribution in [3.05, 3.63) is 90.6 Å². The number of aromatic nitrogens is 3. The molecule has 0 radical (unpaired) electrons. The van der Waals surface area contributed by atoms with E-state index in [1.165, 1.54) is 0 Å². The van der Waals surface area contributed by atoms with Gasteiger partial charge in [-0.3, -0.25) is 0 Å². The molecule has 0 aliphatic rings. The highest BCUT2D eigenvalue weighted by molar-refractivity contribution is 5.63. The van der Waals surface area contributed by atoms with Gasteiger partial charge in [0.25, 0.3) is 0 Å². The van der Waals surface area contributed by atoms with Gasteiger partial charge >= 0.3 is 0 Å². The molecule has 150 valence electrons. The van der Waals surface area contributed by atoms with Crippen LogP contribution in [0.1, 0.15) is 5.56 Å². The standard InChI is InChI=1S/C23H21N5O2/c1-29-18-13-11-17(12-14-18)15-24-22-16-25-28-23(27-22)26-20-9-5-6-10-21(20)30-19-7-3-2-4-8-19/h2-14,16H,15H2,1H3,(H2,24,26,27,28). The van der Waals surface area contributed by atoms with Crippen LogP contribution in [0, 0.1) is 0 Å². The third-order valence-corrected chi connectivity index (χ3v) is 4.30. The molecule has 0 saturated heterocycles. The van der Waals surface area contributed by atoms with Crippen LogP contribution in [0.15, 0.2) is 85.1 Å². The lowest BCUT2D eigenvalue weighted by atomic mass is 10.2. The average Bonchev–Trinajstić information content (AvgIpc) is 2.80. The Labute approximate surface area is 174 Å². The maximum absolute atomic E-state index is 5.97. The number of hydrogen-bond acceptors (Lipinski definition) is 7. The van der Waals surface area contributed by atoms with Crippen LogP contribution in [0.25, 0.3) is 0 Å². The predicted octanol–water partition coefficient (Wildman–Crippen LogP) is 5.03. The Morgan fingerprint density at radius 1 is 0.833 bits per heavy atom. The van der Waals surface area contributed by atoms with Crippen molar-refractivity contribution in [3.63, 3.8) is 0 Å². The summed E-state index contributed by atoms with van der Waals surface area (Å²) in [7, 11) is 1.65. The van der Waals surface area contributed by atoms with Crippen LogP contribution in [0.2, 0.25) is 0 Å². The minimum Gasteiger partial charge on any atom is -0.497 e. The fourth-order valence-corrected chi connectivity index (χ4v) is 2.77. The van der Waals surface area contributed by atoms with Crippen LogP contribution in [0.3, 0.4) is 0 Å². The Kier molecular flexibility index (Phi) is 6.00. The van der Waals surface area contributed by atoms with Crippen LogP contribution >= 0.6 is 0 Å². The number of rotatable bonds is 8. The normalized spacial score (nSPS) is 10.3. The van der Waals surface area contributed by atoms with E-state index in [1.807, 2.05) is 78.9 Å². The topological polar surface area (TPSA) is 81.2 Å². The van der Waals surface area contributed by atoms with Gasteiger partial charge in [0.15, 0.2) is 11.6 Å². The number of benzene rings is 3. The summed E-state index contributed by atoms with van der Waals surface area (Å²) in [6.45, 7) is 0.607. The van der Waals surface area contributed by atoms with Gasteiger partial charge < -0.3 is 20.1 Å².